The van der Waals surface area contributed by atoms with Gasteiger partial charge in [0.2, 0.25) is 5.88 Å². The number of imidazole rings is 1. The van der Waals surface area contributed by atoms with E-state index < -0.39 is 0 Å². The lowest BCUT2D eigenvalue weighted by molar-refractivity contribution is 0.397. The second kappa shape index (κ2) is 5.16. The molecule has 1 atom stereocenters. The number of aryl methyl sites for hydroxylation is 1. The van der Waals surface area contributed by atoms with Gasteiger partial charge in [-0.25, -0.2) is 9.97 Å². The van der Waals surface area contributed by atoms with Crippen LogP contribution >= 0.6 is 24.0 Å². The smallest absolute Gasteiger partial charge is 0.214 e. The minimum absolute atomic E-state index is 0. The Bertz CT molecular complexity index is 556. The second-order valence-corrected chi connectivity index (χ2v) is 4.44. The third-order valence-electron chi connectivity index (χ3n) is 3.18. The summed E-state index contributed by atoms with van der Waals surface area (Å²) in [4.78, 5) is 8.36. The Kier molecular flexibility index (Phi) is 3.78. The highest BCUT2D eigenvalue weighted by Gasteiger charge is 2.25. The van der Waals surface area contributed by atoms with Crippen LogP contribution in [0.1, 0.15) is 23.7 Å². The normalized spacial score (nSPS) is 17.1. The van der Waals surface area contributed by atoms with E-state index in [2.05, 4.69) is 14.5 Å². The lowest BCUT2D eigenvalue weighted by Crippen LogP contribution is -2.06. The number of hydrogen-bond acceptors (Lipinski definition) is 3. The molecule has 0 N–H and O–H groups in total. The molecule has 0 saturated heterocycles. The topological polar surface area (TPSA) is 39.9 Å². The predicted molar refractivity (Wildman–Crippen MR) is 71.7 cm³/mol. The van der Waals surface area contributed by atoms with Crippen LogP contribution in [-0.2, 0) is 6.42 Å². The lowest BCUT2D eigenvalue weighted by Gasteiger charge is -2.14. The number of nitrogens with zero attached hydrogens (tertiary/aromatic N) is 3. The predicted octanol–water partition coefficient (Wildman–Crippen LogP) is 2.90. The zero-order valence-electron chi connectivity index (χ0n) is 9.84. The van der Waals surface area contributed by atoms with Crippen LogP contribution in [0, 0.1) is 0 Å². The molecule has 0 aromatic carbocycles. The van der Waals surface area contributed by atoms with Gasteiger partial charge < -0.3 is 9.30 Å². The summed E-state index contributed by atoms with van der Waals surface area (Å²) in [5.41, 5.74) is 2.28. The van der Waals surface area contributed by atoms with Crippen LogP contribution in [0.4, 0.5) is 0 Å². The molecule has 0 saturated carbocycles. The largest absolute Gasteiger partial charge is 0.481 e. The highest BCUT2D eigenvalue weighted by molar-refractivity contribution is 6.30. The molecule has 1 unspecified atom stereocenters. The van der Waals surface area contributed by atoms with Crippen molar-refractivity contribution in [3.8, 4) is 5.88 Å². The number of halogens is 2. The maximum Gasteiger partial charge on any atom is 0.214 e. The van der Waals surface area contributed by atoms with Crippen molar-refractivity contribution < 1.29 is 4.74 Å². The van der Waals surface area contributed by atoms with Crippen LogP contribution in [0.5, 0.6) is 5.88 Å². The number of methoxy groups -OCH3 is 1. The summed E-state index contributed by atoms with van der Waals surface area (Å²) in [6, 6.07) is 4.07. The van der Waals surface area contributed by atoms with Gasteiger partial charge in [-0.3, -0.25) is 0 Å². The van der Waals surface area contributed by atoms with Crippen LogP contribution < -0.4 is 4.74 Å². The van der Waals surface area contributed by atoms with Gasteiger partial charge in [-0.2, -0.15) is 0 Å². The highest BCUT2D eigenvalue weighted by atomic mass is 35.5. The number of rotatable bonds is 2. The first-order valence-corrected chi connectivity index (χ1v) is 5.88. The summed E-state index contributed by atoms with van der Waals surface area (Å²) in [5, 5.41) is 0.510. The van der Waals surface area contributed by atoms with Gasteiger partial charge in [0.25, 0.3) is 0 Å². The Morgan fingerprint density at radius 1 is 1.44 bits per heavy atom. The van der Waals surface area contributed by atoms with Crippen molar-refractivity contribution in [3.05, 3.63) is 41.1 Å². The molecule has 2 aromatic heterocycles. The maximum atomic E-state index is 6.20. The van der Waals surface area contributed by atoms with Crippen molar-refractivity contribution in [2.75, 3.05) is 7.11 Å². The molecule has 0 bridgehead atoms. The molecule has 2 aromatic rings. The van der Waals surface area contributed by atoms with E-state index in [0.717, 1.165) is 18.4 Å². The Hall–Kier alpha value is -1.26. The molecule has 96 valence electrons. The molecule has 1 aliphatic heterocycles. The Balaban J connectivity index is 0.00000120. The summed E-state index contributed by atoms with van der Waals surface area (Å²) in [6.45, 7) is 0. The fraction of sp³-hybridized carbons (Fsp3) is 0.333. The van der Waals surface area contributed by atoms with Gasteiger partial charge in [-0.1, -0.05) is 11.6 Å². The van der Waals surface area contributed by atoms with E-state index in [1.54, 1.807) is 7.11 Å². The third-order valence-corrected chi connectivity index (χ3v) is 3.48. The van der Waals surface area contributed by atoms with E-state index in [-0.39, 0.29) is 18.4 Å². The van der Waals surface area contributed by atoms with Crippen molar-refractivity contribution in [3.63, 3.8) is 0 Å². The molecule has 4 nitrogen and oxygen atoms in total. The molecule has 3 rings (SSSR count). The molecule has 0 amide bonds. The Morgan fingerprint density at radius 3 is 3.00 bits per heavy atom. The molecule has 1 aliphatic rings. The Morgan fingerprint density at radius 2 is 2.28 bits per heavy atom. The van der Waals surface area contributed by atoms with Crippen LogP contribution in [0.15, 0.2) is 24.7 Å². The van der Waals surface area contributed by atoms with Crippen molar-refractivity contribution in [2.24, 2.45) is 0 Å². The molecule has 0 radical (unpaired) electrons. The fourth-order valence-electron chi connectivity index (χ4n) is 2.33. The van der Waals surface area contributed by atoms with E-state index in [4.69, 9.17) is 16.3 Å². The summed E-state index contributed by atoms with van der Waals surface area (Å²) < 4.78 is 7.21. The first-order valence-electron chi connectivity index (χ1n) is 5.50. The number of hydrogen-bond donors (Lipinski definition) is 0. The van der Waals surface area contributed by atoms with E-state index in [1.165, 1.54) is 5.69 Å². The first kappa shape index (κ1) is 13.2. The summed E-state index contributed by atoms with van der Waals surface area (Å²) >= 11 is 6.20. The fourth-order valence-corrected chi connectivity index (χ4v) is 2.60. The van der Waals surface area contributed by atoms with Gasteiger partial charge in [-0.05, 0) is 18.9 Å². The monoisotopic (exact) mass is 285 g/mol. The summed E-state index contributed by atoms with van der Waals surface area (Å²) in [5.74, 6) is 0.544. The molecular weight excluding hydrogens is 273 g/mol. The van der Waals surface area contributed by atoms with Crippen LogP contribution in [0.3, 0.4) is 0 Å². The molecule has 18 heavy (non-hydrogen) atoms. The summed E-state index contributed by atoms with van der Waals surface area (Å²) in [6.07, 6.45) is 5.84. The average molecular weight is 286 g/mol. The Labute approximate surface area is 116 Å². The van der Waals surface area contributed by atoms with E-state index in [0.29, 0.717) is 11.0 Å². The molecule has 6 heteroatoms. The van der Waals surface area contributed by atoms with Crippen molar-refractivity contribution in [1.82, 2.24) is 14.5 Å². The van der Waals surface area contributed by atoms with Gasteiger partial charge in [0.1, 0.15) is 5.15 Å². The SMILES string of the molecule is COc1ccc(C2CCc3cncn32)c(Cl)n1.Cl. The minimum Gasteiger partial charge on any atom is -0.481 e. The van der Waals surface area contributed by atoms with Gasteiger partial charge in [-0.15, -0.1) is 12.4 Å². The molecule has 0 fully saturated rings. The number of fused-ring (bicyclic) bond motifs is 1. The van der Waals surface area contributed by atoms with Crippen molar-refractivity contribution in [2.45, 2.75) is 18.9 Å². The van der Waals surface area contributed by atoms with Crippen LogP contribution in [0.2, 0.25) is 5.15 Å². The van der Waals surface area contributed by atoms with Crippen LogP contribution in [0.25, 0.3) is 0 Å². The lowest BCUT2D eigenvalue weighted by atomic mass is 10.1. The van der Waals surface area contributed by atoms with E-state index in [9.17, 15) is 0 Å². The van der Waals surface area contributed by atoms with Gasteiger partial charge in [0, 0.05) is 23.5 Å². The second-order valence-electron chi connectivity index (χ2n) is 4.08. The zero-order valence-corrected chi connectivity index (χ0v) is 11.4. The minimum atomic E-state index is 0. The molecule has 3 heterocycles. The number of aromatic nitrogens is 3. The highest BCUT2D eigenvalue weighted by Crippen LogP contribution is 2.35. The van der Waals surface area contributed by atoms with Gasteiger partial charge in [0.15, 0.2) is 0 Å². The van der Waals surface area contributed by atoms with Gasteiger partial charge >= 0.3 is 0 Å². The maximum absolute atomic E-state index is 6.20. The molecule has 0 aliphatic carbocycles. The van der Waals surface area contributed by atoms with Crippen molar-refractivity contribution >= 4 is 24.0 Å². The summed E-state index contributed by atoms with van der Waals surface area (Å²) in [7, 11) is 1.59. The molecule has 0 spiro atoms. The average Bonchev–Trinajstić information content (AvgIpc) is 2.91. The van der Waals surface area contributed by atoms with Crippen LogP contribution in [-0.4, -0.2) is 21.6 Å². The third kappa shape index (κ3) is 2.06. The van der Waals surface area contributed by atoms with E-state index >= 15 is 0 Å². The number of ether oxygens (including phenoxy) is 1. The number of pyridine rings is 1. The molecular formula is C12H13Cl2N3O. The first-order chi connectivity index (χ1) is 8.29. The van der Waals surface area contributed by atoms with E-state index in [1.807, 2.05) is 24.7 Å². The van der Waals surface area contributed by atoms with Gasteiger partial charge in [0.05, 0.1) is 19.5 Å². The standard InChI is InChI=1S/C12H12ClN3O.ClH/c1-17-11-5-3-9(12(13)15-11)10-4-2-8-6-14-7-16(8)10;/h3,5-7,10H,2,4H2,1H3;1H. The quantitative estimate of drug-likeness (QED) is 0.797. The zero-order chi connectivity index (χ0) is 11.8. The van der Waals surface area contributed by atoms with Crippen molar-refractivity contribution in [1.29, 1.82) is 0 Å².